The van der Waals surface area contributed by atoms with E-state index in [1.54, 1.807) is 36.3 Å². The second-order valence-electron chi connectivity index (χ2n) is 6.59. The molecule has 4 heterocycles. The van der Waals surface area contributed by atoms with Crippen LogP contribution in [0.15, 0.2) is 35.3 Å². The Bertz CT molecular complexity index is 1070. The summed E-state index contributed by atoms with van der Waals surface area (Å²) in [4.78, 5) is 39.9. The second kappa shape index (κ2) is 8.11. The normalized spacial score (nSPS) is 16.2. The topological polar surface area (TPSA) is 118 Å². The highest BCUT2D eigenvalue weighted by Gasteiger charge is 2.34. The monoisotopic (exact) mass is 458 g/mol. The van der Waals surface area contributed by atoms with Gasteiger partial charge in [0, 0.05) is 13.6 Å². The Morgan fingerprint density at radius 1 is 1.31 bits per heavy atom. The molecule has 1 saturated heterocycles. The van der Waals surface area contributed by atoms with Gasteiger partial charge in [-0.2, -0.15) is 5.10 Å². The molecule has 150 valence electrons. The highest BCUT2D eigenvalue weighted by atomic mass is 79.9. The van der Waals surface area contributed by atoms with E-state index in [4.69, 9.17) is 0 Å². The van der Waals surface area contributed by atoms with Crippen LogP contribution in [-0.4, -0.2) is 61.1 Å². The zero-order valence-electron chi connectivity index (χ0n) is 15.7. The molecule has 1 aliphatic heterocycles. The number of rotatable bonds is 5. The van der Waals surface area contributed by atoms with Crippen LogP contribution < -0.4 is 10.6 Å². The first-order chi connectivity index (χ1) is 14.1. The van der Waals surface area contributed by atoms with Crippen molar-refractivity contribution < 1.29 is 9.59 Å². The largest absolute Gasteiger partial charge is 0.372 e. The van der Waals surface area contributed by atoms with Gasteiger partial charge in [0.25, 0.3) is 0 Å². The maximum absolute atomic E-state index is 12.9. The standard InChI is InChI=1S/C18H19BrN8O2/c1-20-16-11-8-23-27(17(11)22-10-21-16)9-15(28)26-7-3-4-12(26)18(29)25-14-6-2-5-13(19)24-14/h2,5-6,8,10,12H,3-4,7,9H2,1H3,(H,20,21,22)(H,24,25,29). The lowest BCUT2D eigenvalue weighted by atomic mass is 10.2. The van der Waals surface area contributed by atoms with Crippen LogP contribution in [0.3, 0.4) is 0 Å². The number of aromatic nitrogens is 5. The Hall–Kier alpha value is -3.08. The van der Waals surface area contributed by atoms with Gasteiger partial charge < -0.3 is 15.5 Å². The lowest BCUT2D eigenvalue weighted by molar-refractivity contribution is -0.137. The fourth-order valence-corrected chi connectivity index (χ4v) is 3.80. The van der Waals surface area contributed by atoms with Gasteiger partial charge in [0.15, 0.2) is 5.65 Å². The third-order valence-electron chi connectivity index (χ3n) is 4.80. The summed E-state index contributed by atoms with van der Waals surface area (Å²) in [7, 11) is 1.76. The molecule has 0 spiro atoms. The second-order valence-corrected chi connectivity index (χ2v) is 7.40. The van der Waals surface area contributed by atoms with Crippen LogP contribution in [0.1, 0.15) is 12.8 Å². The summed E-state index contributed by atoms with van der Waals surface area (Å²) < 4.78 is 2.16. The number of nitrogens with zero attached hydrogens (tertiary/aromatic N) is 6. The van der Waals surface area contributed by atoms with E-state index in [9.17, 15) is 9.59 Å². The molecule has 1 unspecified atom stereocenters. The molecule has 1 aliphatic rings. The number of carbonyl (C=O) groups excluding carboxylic acids is 2. The van der Waals surface area contributed by atoms with E-state index in [0.717, 1.165) is 11.8 Å². The maximum atomic E-state index is 12.9. The fraction of sp³-hybridized carbons (Fsp3) is 0.333. The lowest BCUT2D eigenvalue weighted by Crippen LogP contribution is -2.44. The first kappa shape index (κ1) is 19.2. The average Bonchev–Trinajstić information content (AvgIpc) is 3.35. The minimum Gasteiger partial charge on any atom is -0.372 e. The quantitative estimate of drug-likeness (QED) is 0.557. The van der Waals surface area contributed by atoms with Crippen LogP contribution in [0.25, 0.3) is 11.0 Å². The number of halogens is 1. The summed E-state index contributed by atoms with van der Waals surface area (Å²) in [6.07, 6.45) is 4.43. The summed E-state index contributed by atoms with van der Waals surface area (Å²) in [5.74, 6) is 0.665. The minimum absolute atomic E-state index is 0.00256. The summed E-state index contributed by atoms with van der Waals surface area (Å²) >= 11 is 3.28. The number of likely N-dealkylation sites (tertiary alicyclic amines) is 1. The highest BCUT2D eigenvalue weighted by Crippen LogP contribution is 2.22. The third kappa shape index (κ3) is 3.90. The van der Waals surface area contributed by atoms with Gasteiger partial charge in [-0.05, 0) is 40.9 Å². The van der Waals surface area contributed by atoms with E-state index in [0.29, 0.717) is 34.9 Å². The zero-order chi connectivity index (χ0) is 20.4. The molecule has 3 aromatic rings. The Labute approximate surface area is 174 Å². The van der Waals surface area contributed by atoms with E-state index < -0.39 is 6.04 Å². The summed E-state index contributed by atoms with van der Waals surface area (Å²) in [5, 5.41) is 10.8. The molecular weight excluding hydrogens is 440 g/mol. The number of fused-ring (bicyclic) bond motifs is 1. The number of amides is 2. The minimum atomic E-state index is -0.535. The molecule has 1 fully saturated rings. The van der Waals surface area contributed by atoms with Gasteiger partial charge in [-0.25, -0.2) is 19.6 Å². The number of nitrogens with one attached hydrogen (secondary N) is 2. The number of hydrogen-bond acceptors (Lipinski definition) is 7. The first-order valence-electron chi connectivity index (χ1n) is 9.14. The van der Waals surface area contributed by atoms with E-state index in [-0.39, 0.29) is 18.4 Å². The van der Waals surface area contributed by atoms with Crippen molar-refractivity contribution in [3.05, 3.63) is 35.3 Å². The fourth-order valence-electron chi connectivity index (χ4n) is 3.45. The zero-order valence-corrected chi connectivity index (χ0v) is 17.3. The van der Waals surface area contributed by atoms with E-state index in [2.05, 4.69) is 46.6 Å². The van der Waals surface area contributed by atoms with E-state index >= 15 is 0 Å². The molecule has 0 radical (unpaired) electrons. The molecule has 0 saturated carbocycles. The van der Waals surface area contributed by atoms with Crippen molar-refractivity contribution in [2.75, 3.05) is 24.2 Å². The Kier molecular flexibility index (Phi) is 5.38. The van der Waals surface area contributed by atoms with Crippen LogP contribution in [0, 0.1) is 0 Å². The number of anilines is 2. The van der Waals surface area contributed by atoms with Gasteiger partial charge in [-0.3, -0.25) is 9.59 Å². The molecule has 0 aliphatic carbocycles. The molecular formula is C18H19BrN8O2. The lowest BCUT2D eigenvalue weighted by Gasteiger charge is -2.24. The molecule has 4 rings (SSSR count). The Morgan fingerprint density at radius 3 is 2.97 bits per heavy atom. The first-order valence-corrected chi connectivity index (χ1v) is 9.93. The Morgan fingerprint density at radius 2 is 2.17 bits per heavy atom. The molecule has 2 N–H and O–H groups in total. The number of pyridine rings is 1. The number of hydrogen-bond donors (Lipinski definition) is 2. The summed E-state index contributed by atoms with van der Waals surface area (Å²) in [6.45, 7) is 0.529. The van der Waals surface area contributed by atoms with Gasteiger partial charge in [0.1, 0.15) is 35.2 Å². The summed E-state index contributed by atoms with van der Waals surface area (Å²) in [6, 6.07) is 4.73. The maximum Gasteiger partial charge on any atom is 0.248 e. The molecule has 11 heteroatoms. The predicted octanol–water partition coefficient (Wildman–Crippen LogP) is 1.66. The highest BCUT2D eigenvalue weighted by molar-refractivity contribution is 9.10. The van der Waals surface area contributed by atoms with Gasteiger partial charge in [0.05, 0.1) is 11.6 Å². The van der Waals surface area contributed by atoms with Crippen molar-refractivity contribution >= 4 is 50.4 Å². The molecule has 29 heavy (non-hydrogen) atoms. The molecule has 2 amide bonds. The van der Waals surface area contributed by atoms with Crippen LogP contribution in [-0.2, 0) is 16.1 Å². The van der Waals surface area contributed by atoms with Crippen LogP contribution >= 0.6 is 15.9 Å². The number of carbonyl (C=O) groups is 2. The van der Waals surface area contributed by atoms with E-state index in [1.807, 2.05) is 0 Å². The van der Waals surface area contributed by atoms with Gasteiger partial charge >= 0.3 is 0 Å². The van der Waals surface area contributed by atoms with E-state index in [1.165, 1.54) is 11.0 Å². The van der Waals surface area contributed by atoms with Crippen LogP contribution in [0.5, 0.6) is 0 Å². The molecule has 10 nitrogen and oxygen atoms in total. The van der Waals surface area contributed by atoms with Crippen molar-refractivity contribution in [2.45, 2.75) is 25.4 Å². The Balaban J connectivity index is 1.49. The molecule has 3 aromatic heterocycles. The third-order valence-corrected chi connectivity index (χ3v) is 5.24. The van der Waals surface area contributed by atoms with Crippen molar-refractivity contribution in [3.63, 3.8) is 0 Å². The van der Waals surface area contributed by atoms with Gasteiger partial charge in [-0.1, -0.05) is 6.07 Å². The SMILES string of the molecule is CNc1ncnc2c1cnn2CC(=O)N1CCCC1C(=O)Nc1cccc(Br)n1. The van der Waals surface area contributed by atoms with Crippen molar-refractivity contribution in [1.82, 2.24) is 29.6 Å². The van der Waals surface area contributed by atoms with Crippen molar-refractivity contribution in [1.29, 1.82) is 0 Å². The van der Waals surface area contributed by atoms with Gasteiger partial charge in [0.2, 0.25) is 11.8 Å². The van der Waals surface area contributed by atoms with Crippen molar-refractivity contribution in [2.24, 2.45) is 0 Å². The smallest absolute Gasteiger partial charge is 0.248 e. The predicted molar refractivity (Wildman–Crippen MR) is 110 cm³/mol. The summed E-state index contributed by atoms with van der Waals surface area (Å²) in [5.41, 5.74) is 0.566. The van der Waals surface area contributed by atoms with Crippen LogP contribution in [0.2, 0.25) is 0 Å². The average molecular weight is 459 g/mol. The molecule has 1 atom stereocenters. The van der Waals surface area contributed by atoms with Gasteiger partial charge in [-0.15, -0.1) is 0 Å². The molecule has 0 bridgehead atoms. The van der Waals surface area contributed by atoms with Crippen molar-refractivity contribution in [3.8, 4) is 0 Å². The van der Waals surface area contributed by atoms with Crippen LogP contribution in [0.4, 0.5) is 11.6 Å². The molecule has 0 aromatic carbocycles.